The molecular formula is C13H20N4O2. The monoisotopic (exact) mass is 264 g/mol. The number of hydrogen-bond acceptors (Lipinski definition) is 4. The topological polar surface area (TPSA) is 80.9 Å². The van der Waals surface area contributed by atoms with Gasteiger partial charge in [-0.05, 0) is 18.6 Å². The van der Waals surface area contributed by atoms with Crippen LogP contribution in [-0.4, -0.2) is 25.7 Å². The van der Waals surface area contributed by atoms with E-state index in [1.54, 1.807) is 0 Å². The maximum absolute atomic E-state index is 5.52. The number of ether oxygens (including phenoxy) is 2. The molecule has 6 nitrogen and oxygen atoms in total. The third-order valence-corrected chi connectivity index (χ3v) is 2.72. The first kappa shape index (κ1) is 13.5. The van der Waals surface area contributed by atoms with Crippen molar-refractivity contribution in [3.05, 3.63) is 18.2 Å². The van der Waals surface area contributed by atoms with Crippen LogP contribution < -0.4 is 26.1 Å². The lowest BCUT2D eigenvalue weighted by atomic mass is 10.2. The minimum atomic E-state index is 0.546. The molecule has 0 spiro atoms. The fourth-order valence-corrected chi connectivity index (χ4v) is 1.73. The summed E-state index contributed by atoms with van der Waals surface area (Å²) in [4.78, 5) is 4.34. The Balaban J connectivity index is 2.03. The smallest absolute Gasteiger partial charge is 0.210 e. The van der Waals surface area contributed by atoms with Gasteiger partial charge >= 0.3 is 0 Å². The standard InChI is InChI=1S/C13H20N4O2/c1-2-3-6-15-13(17-14)16-10-4-5-11-12(9-10)19-8-7-18-11/h4-5,9H,2-3,6-8,14H2,1H3,(H2,15,16,17). The van der Waals surface area contributed by atoms with Crippen molar-refractivity contribution >= 4 is 11.6 Å². The van der Waals surface area contributed by atoms with Crippen molar-refractivity contribution in [2.45, 2.75) is 19.8 Å². The first-order chi connectivity index (χ1) is 9.33. The van der Waals surface area contributed by atoms with Crippen LogP contribution in [0.25, 0.3) is 0 Å². The third kappa shape index (κ3) is 3.75. The molecule has 0 unspecified atom stereocenters. The summed E-state index contributed by atoms with van der Waals surface area (Å²) in [5.41, 5.74) is 3.42. The van der Waals surface area contributed by atoms with Gasteiger partial charge in [-0.2, -0.15) is 0 Å². The van der Waals surface area contributed by atoms with Crippen molar-refractivity contribution < 1.29 is 9.47 Å². The van der Waals surface area contributed by atoms with E-state index in [2.05, 4.69) is 22.7 Å². The summed E-state index contributed by atoms with van der Waals surface area (Å²) in [6.45, 7) is 4.03. The Bertz CT molecular complexity index is 448. The molecule has 0 aliphatic carbocycles. The lowest BCUT2D eigenvalue weighted by Gasteiger charge is -2.19. The molecule has 1 aliphatic rings. The van der Waals surface area contributed by atoms with Gasteiger partial charge in [0.15, 0.2) is 11.5 Å². The minimum absolute atomic E-state index is 0.546. The van der Waals surface area contributed by atoms with Gasteiger partial charge in [-0.3, -0.25) is 10.4 Å². The molecule has 0 fully saturated rings. The van der Waals surface area contributed by atoms with E-state index in [9.17, 15) is 0 Å². The number of rotatable bonds is 4. The lowest BCUT2D eigenvalue weighted by Crippen LogP contribution is -2.36. The van der Waals surface area contributed by atoms with Gasteiger partial charge < -0.3 is 14.8 Å². The average Bonchev–Trinajstić information content (AvgIpc) is 2.46. The van der Waals surface area contributed by atoms with E-state index >= 15 is 0 Å². The van der Waals surface area contributed by atoms with Gasteiger partial charge in [0, 0.05) is 18.3 Å². The summed E-state index contributed by atoms with van der Waals surface area (Å²) in [5.74, 6) is 7.49. The second-order valence-corrected chi connectivity index (χ2v) is 4.21. The van der Waals surface area contributed by atoms with Crippen LogP contribution >= 0.6 is 0 Å². The van der Waals surface area contributed by atoms with Crippen molar-refractivity contribution in [1.29, 1.82) is 0 Å². The molecule has 6 heteroatoms. The highest BCUT2D eigenvalue weighted by Gasteiger charge is 2.11. The lowest BCUT2D eigenvalue weighted by molar-refractivity contribution is 0.171. The van der Waals surface area contributed by atoms with Gasteiger partial charge in [0.2, 0.25) is 5.96 Å². The molecule has 0 radical (unpaired) electrons. The number of benzene rings is 1. The molecule has 0 aromatic heterocycles. The van der Waals surface area contributed by atoms with Crippen LogP contribution in [0.3, 0.4) is 0 Å². The number of aliphatic imine (C=N–C) groups is 1. The molecule has 0 saturated heterocycles. The maximum Gasteiger partial charge on any atom is 0.210 e. The van der Waals surface area contributed by atoms with E-state index in [0.717, 1.165) is 36.6 Å². The Morgan fingerprint density at radius 3 is 2.84 bits per heavy atom. The Morgan fingerprint density at radius 1 is 1.32 bits per heavy atom. The minimum Gasteiger partial charge on any atom is -0.486 e. The number of unbranched alkanes of at least 4 members (excludes halogenated alkanes) is 1. The molecular weight excluding hydrogens is 244 g/mol. The SMILES string of the molecule is CCCCN=C(NN)Nc1ccc2c(c1)OCCO2. The van der Waals surface area contributed by atoms with Gasteiger partial charge in [0.05, 0.1) is 0 Å². The first-order valence-electron chi connectivity index (χ1n) is 6.51. The molecule has 1 aromatic carbocycles. The number of guanidine groups is 1. The predicted octanol–water partition coefficient (Wildman–Crippen LogP) is 1.49. The fourth-order valence-electron chi connectivity index (χ4n) is 1.73. The van der Waals surface area contributed by atoms with Gasteiger partial charge in [-0.15, -0.1) is 0 Å². The van der Waals surface area contributed by atoms with Crippen LogP contribution in [0.2, 0.25) is 0 Å². The number of nitrogens with two attached hydrogens (primary N) is 1. The largest absolute Gasteiger partial charge is 0.486 e. The number of anilines is 1. The highest BCUT2D eigenvalue weighted by molar-refractivity contribution is 5.93. The van der Waals surface area contributed by atoms with E-state index in [0.29, 0.717) is 19.2 Å². The van der Waals surface area contributed by atoms with Crippen LogP contribution in [0.5, 0.6) is 11.5 Å². The molecule has 2 rings (SSSR count). The quantitative estimate of drug-likeness (QED) is 0.252. The average molecular weight is 264 g/mol. The van der Waals surface area contributed by atoms with E-state index in [1.165, 1.54) is 0 Å². The van der Waals surface area contributed by atoms with Crippen molar-refractivity contribution in [3.63, 3.8) is 0 Å². The Labute approximate surface area is 113 Å². The van der Waals surface area contributed by atoms with Crippen molar-refractivity contribution in [2.24, 2.45) is 10.8 Å². The summed E-state index contributed by atoms with van der Waals surface area (Å²) >= 11 is 0. The van der Waals surface area contributed by atoms with Crippen LogP contribution in [-0.2, 0) is 0 Å². The van der Waals surface area contributed by atoms with Crippen LogP contribution in [0, 0.1) is 0 Å². The van der Waals surface area contributed by atoms with Gasteiger partial charge in [-0.25, -0.2) is 5.84 Å². The highest BCUT2D eigenvalue weighted by atomic mass is 16.6. The summed E-state index contributed by atoms with van der Waals surface area (Å²) in [6, 6.07) is 5.65. The molecule has 1 heterocycles. The summed E-state index contributed by atoms with van der Waals surface area (Å²) in [6.07, 6.45) is 2.14. The second-order valence-electron chi connectivity index (χ2n) is 4.21. The van der Waals surface area contributed by atoms with Crippen LogP contribution in [0.15, 0.2) is 23.2 Å². The molecule has 1 aliphatic heterocycles. The van der Waals surface area contributed by atoms with Gasteiger partial charge in [-0.1, -0.05) is 13.3 Å². The van der Waals surface area contributed by atoms with Crippen LogP contribution in [0.1, 0.15) is 19.8 Å². The van der Waals surface area contributed by atoms with E-state index in [-0.39, 0.29) is 0 Å². The first-order valence-corrected chi connectivity index (χ1v) is 6.51. The van der Waals surface area contributed by atoms with E-state index in [1.807, 2.05) is 18.2 Å². The van der Waals surface area contributed by atoms with Gasteiger partial charge in [0.25, 0.3) is 0 Å². The normalized spacial score (nSPS) is 14.1. The molecule has 0 amide bonds. The molecule has 4 N–H and O–H groups in total. The number of fused-ring (bicyclic) bond motifs is 1. The summed E-state index contributed by atoms with van der Waals surface area (Å²) in [5, 5.41) is 3.12. The molecule has 19 heavy (non-hydrogen) atoms. The zero-order chi connectivity index (χ0) is 13.5. The zero-order valence-corrected chi connectivity index (χ0v) is 11.1. The van der Waals surface area contributed by atoms with Crippen molar-refractivity contribution in [3.8, 4) is 11.5 Å². The molecule has 104 valence electrons. The number of hydrazine groups is 1. The van der Waals surface area contributed by atoms with E-state index in [4.69, 9.17) is 15.3 Å². The van der Waals surface area contributed by atoms with Crippen LogP contribution in [0.4, 0.5) is 5.69 Å². The predicted molar refractivity (Wildman–Crippen MR) is 75.6 cm³/mol. The fraction of sp³-hybridized carbons (Fsp3) is 0.462. The molecule has 0 bridgehead atoms. The number of nitrogens with one attached hydrogen (secondary N) is 2. The zero-order valence-electron chi connectivity index (χ0n) is 11.1. The number of nitrogens with zero attached hydrogens (tertiary/aromatic N) is 1. The Morgan fingerprint density at radius 2 is 2.11 bits per heavy atom. The molecule has 0 atom stereocenters. The summed E-state index contributed by atoms with van der Waals surface area (Å²) < 4.78 is 11.0. The van der Waals surface area contributed by atoms with Crippen molar-refractivity contribution in [1.82, 2.24) is 5.43 Å². The Hall–Kier alpha value is -1.95. The third-order valence-electron chi connectivity index (χ3n) is 2.72. The van der Waals surface area contributed by atoms with Gasteiger partial charge in [0.1, 0.15) is 13.2 Å². The van der Waals surface area contributed by atoms with Crippen molar-refractivity contribution in [2.75, 3.05) is 25.1 Å². The molecule has 0 saturated carbocycles. The summed E-state index contributed by atoms with van der Waals surface area (Å²) in [7, 11) is 0. The molecule has 1 aromatic rings. The Kier molecular flexibility index (Phi) is 4.85. The maximum atomic E-state index is 5.52. The second kappa shape index (κ2) is 6.84. The number of hydrogen-bond donors (Lipinski definition) is 3. The highest BCUT2D eigenvalue weighted by Crippen LogP contribution is 2.32. The van der Waals surface area contributed by atoms with E-state index < -0.39 is 0 Å².